The van der Waals surface area contributed by atoms with Gasteiger partial charge >= 0.3 is 0 Å². The number of benzene rings is 1. The number of nitrogens with one attached hydrogen (secondary N) is 1. The van der Waals surface area contributed by atoms with Crippen molar-refractivity contribution in [3.8, 4) is 0 Å². The summed E-state index contributed by atoms with van der Waals surface area (Å²) in [6.07, 6.45) is 2.71. The quantitative estimate of drug-likeness (QED) is 0.750. The zero-order chi connectivity index (χ0) is 9.80. The van der Waals surface area contributed by atoms with Crippen LogP contribution in [0.2, 0.25) is 0 Å². The number of carbonyl (C=O) groups is 1. The average Bonchev–Trinajstić information content (AvgIpc) is 2.30. The van der Waals surface area contributed by atoms with Gasteiger partial charge in [-0.25, -0.2) is 0 Å². The topological polar surface area (TPSA) is 29.1 Å². The van der Waals surface area contributed by atoms with Gasteiger partial charge in [-0.2, -0.15) is 0 Å². The van der Waals surface area contributed by atoms with E-state index in [4.69, 9.17) is 0 Å². The first-order chi connectivity index (χ1) is 6.90. The largest absolute Gasteiger partial charge is 0.375 e. The van der Waals surface area contributed by atoms with Crippen LogP contribution in [0.25, 0.3) is 0 Å². The summed E-state index contributed by atoms with van der Waals surface area (Å²) < 4.78 is 0. The summed E-state index contributed by atoms with van der Waals surface area (Å²) in [5.74, 6) is 0.788. The van der Waals surface area contributed by atoms with Gasteiger partial charge in [0.1, 0.15) is 6.29 Å². The predicted octanol–water partition coefficient (Wildman–Crippen LogP) is 2.10. The van der Waals surface area contributed by atoms with Crippen molar-refractivity contribution in [2.45, 2.75) is 5.37 Å². The van der Waals surface area contributed by atoms with Gasteiger partial charge in [0.15, 0.2) is 0 Å². The van der Waals surface area contributed by atoms with Gasteiger partial charge in [0, 0.05) is 17.5 Å². The Bertz CT molecular complexity index is 348. The van der Waals surface area contributed by atoms with E-state index in [0.717, 1.165) is 17.6 Å². The lowest BCUT2D eigenvalue weighted by molar-refractivity contribution is -0.104. The SMILES string of the molecule is O=CC1=CNC(c2ccccc2)SC1. The Morgan fingerprint density at radius 1 is 1.36 bits per heavy atom. The minimum Gasteiger partial charge on any atom is -0.375 e. The lowest BCUT2D eigenvalue weighted by Crippen LogP contribution is -2.18. The minimum atomic E-state index is 0.278. The summed E-state index contributed by atoms with van der Waals surface area (Å²) in [6.45, 7) is 0. The molecule has 2 nitrogen and oxygen atoms in total. The zero-order valence-corrected chi connectivity index (χ0v) is 8.46. The van der Waals surface area contributed by atoms with Gasteiger partial charge in [-0.05, 0) is 5.56 Å². The molecule has 0 radical (unpaired) electrons. The monoisotopic (exact) mass is 205 g/mol. The lowest BCUT2D eigenvalue weighted by atomic mass is 10.2. The molecule has 1 aromatic rings. The summed E-state index contributed by atoms with van der Waals surface area (Å²) in [4.78, 5) is 10.5. The van der Waals surface area contributed by atoms with Crippen LogP contribution in [0.4, 0.5) is 0 Å². The Kier molecular flexibility index (Phi) is 2.89. The smallest absolute Gasteiger partial charge is 0.148 e. The lowest BCUT2D eigenvalue weighted by Gasteiger charge is -2.21. The highest BCUT2D eigenvalue weighted by molar-refractivity contribution is 7.99. The maximum absolute atomic E-state index is 10.5. The summed E-state index contributed by atoms with van der Waals surface area (Å²) >= 11 is 1.74. The number of rotatable bonds is 2. The van der Waals surface area contributed by atoms with Gasteiger partial charge in [0.2, 0.25) is 0 Å². The number of thioether (sulfide) groups is 1. The molecule has 0 saturated heterocycles. The number of hydrogen-bond donors (Lipinski definition) is 1. The summed E-state index contributed by atoms with van der Waals surface area (Å²) in [5.41, 5.74) is 2.07. The third-order valence-corrected chi connectivity index (χ3v) is 3.33. The normalized spacial score (nSPS) is 20.9. The molecule has 1 aliphatic heterocycles. The van der Waals surface area contributed by atoms with Crippen LogP contribution in [-0.4, -0.2) is 12.0 Å². The minimum absolute atomic E-state index is 0.278. The summed E-state index contributed by atoms with van der Waals surface area (Å²) in [7, 11) is 0. The van der Waals surface area contributed by atoms with Crippen molar-refractivity contribution < 1.29 is 4.79 Å². The second kappa shape index (κ2) is 4.33. The molecule has 14 heavy (non-hydrogen) atoms. The van der Waals surface area contributed by atoms with Crippen molar-refractivity contribution in [2.75, 3.05) is 5.75 Å². The molecular formula is C11H11NOS. The fourth-order valence-corrected chi connectivity index (χ4v) is 2.36. The third kappa shape index (κ3) is 1.99. The molecule has 0 aromatic heterocycles. The zero-order valence-electron chi connectivity index (χ0n) is 7.64. The van der Waals surface area contributed by atoms with E-state index in [9.17, 15) is 4.79 Å². The summed E-state index contributed by atoms with van der Waals surface area (Å²) in [5, 5.41) is 3.48. The van der Waals surface area contributed by atoms with Crippen molar-refractivity contribution >= 4 is 18.0 Å². The van der Waals surface area contributed by atoms with Crippen LogP contribution in [0, 0.1) is 0 Å². The van der Waals surface area contributed by atoms with E-state index < -0.39 is 0 Å². The Morgan fingerprint density at radius 3 is 2.71 bits per heavy atom. The molecule has 1 atom stereocenters. The van der Waals surface area contributed by atoms with Crippen molar-refractivity contribution in [1.29, 1.82) is 0 Å². The standard InChI is InChI=1S/C11H11NOS/c13-7-9-6-12-11(14-8-9)10-4-2-1-3-5-10/h1-7,11-12H,8H2. The number of hydrogen-bond acceptors (Lipinski definition) is 3. The first-order valence-electron chi connectivity index (χ1n) is 4.47. The van der Waals surface area contributed by atoms with Crippen molar-refractivity contribution in [1.82, 2.24) is 5.32 Å². The molecule has 0 saturated carbocycles. The van der Waals surface area contributed by atoms with E-state index in [1.165, 1.54) is 5.56 Å². The average molecular weight is 205 g/mol. The Labute approximate surface area is 87.4 Å². The van der Waals surface area contributed by atoms with E-state index >= 15 is 0 Å². The molecular weight excluding hydrogens is 194 g/mol. The van der Waals surface area contributed by atoms with Gasteiger partial charge in [-0.1, -0.05) is 30.3 Å². The number of carbonyl (C=O) groups excluding carboxylic acids is 1. The van der Waals surface area contributed by atoms with Crippen molar-refractivity contribution in [3.63, 3.8) is 0 Å². The first kappa shape index (κ1) is 9.34. The maximum Gasteiger partial charge on any atom is 0.148 e. The molecule has 1 heterocycles. The molecule has 72 valence electrons. The molecule has 0 spiro atoms. The third-order valence-electron chi connectivity index (χ3n) is 2.09. The van der Waals surface area contributed by atoms with Gasteiger partial charge in [0.05, 0.1) is 5.37 Å². The van der Waals surface area contributed by atoms with Crippen molar-refractivity contribution in [3.05, 3.63) is 47.7 Å². The van der Waals surface area contributed by atoms with E-state index in [0.29, 0.717) is 0 Å². The van der Waals surface area contributed by atoms with E-state index in [1.807, 2.05) is 18.2 Å². The van der Waals surface area contributed by atoms with E-state index in [2.05, 4.69) is 17.4 Å². The van der Waals surface area contributed by atoms with Crippen LogP contribution in [0.1, 0.15) is 10.9 Å². The molecule has 2 rings (SSSR count). The highest BCUT2D eigenvalue weighted by atomic mass is 32.2. The second-order valence-corrected chi connectivity index (χ2v) is 4.20. The molecule has 3 heteroatoms. The van der Waals surface area contributed by atoms with Gasteiger partial charge in [-0.3, -0.25) is 4.79 Å². The molecule has 1 aliphatic rings. The van der Waals surface area contributed by atoms with Gasteiger partial charge in [0.25, 0.3) is 0 Å². The van der Waals surface area contributed by atoms with Crippen LogP contribution < -0.4 is 5.32 Å². The van der Waals surface area contributed by atoms with Gasteiger partial charge < -0.3 is 5.32 Å². The second-order valence-electron chi connectivity index (χ2n) is 3.11. The van der Waals surface area contributed by atoms with Crippen LogP contribution in [0.15, 0.2) is 42.1 Å². The van der Waals surface area contributed by atoms with Crippen LogP contribution in [0.5, 0.6) is 0 Å². The molecule has 0 aliphatic carbocycles. The molecule has 0 amide bonds. The van der Waals surface area contributed by atoms with Gasteiger partial charge in [-0.15, -0.1) is 11.8 Å². The van der Waals surface area contributed by atoms with Crippen LogP contribution in [0.3, 0.4) is 0 Å². The highest BCUT2D eigenvalue weighted by Gasteiger charge is 2.14. The van der Waals surface area contributed by atoms with Crippen molar-refractivity contribution in [2.24, 2.45) is 0 Å². The van der Waals surface area contributed by atoms with E-state index in [-0.39, 0.29) is 5.37 Å². The van der Waals surface area contributed by atoms with E-state index in [1.54, 1.807) is 18.0 Å². The highest BCUT2D eigenvalue weighted by Crippen LogP contribution is 2.29. The Balaban J connectivity index is 2.10. The molecule has 1 N–H and O–H groups in total. The molecule has 0 fully saturated rings. The van der Waals surface area contributed by atoms with Crippen LogP contribution in [-0.2, 0) is 4.79 Å². The Hall–Kier alpha value is -1.22. The first-order valence-corrected chi connectivity index (χ1v) is 5.52. The number of aldehydes is 1. The van der Waals surface area contributed by atoms with Crippen LogP contribution >= 0.6 is 11.8 Å². The fraction of sp³-hybridized carbons (Fsp3) is 0.182. The fourth-order valence-electron chi connectivity index (χ4n) is 1.34. The maximum atomic E-state index is 10.5. The molecule has 1 aromatic carbocycles. The Morgan fingerprint density at radius 2 is 2.14 bits per heavy atom. The molecule has 1 unspecified atom stereocenters. The molecule has 0 bridgehead atoms. The predicted molar refractivity (Wildman–Crippen MR) is 58.9 cm³/mol. The summed E-state index contributed by atoms with van der Waals surface area (Å²) in [6, 6.07) is 10.2.